The first-order valence-corrected chi connectivity index (χ1v) is 7.98. The van der Waals surface area contributed by atoms with Gasteiger partial charge >= 0.3 is 0 Å². The zero-order valence-corrected chi connectivity index (χ0v) is 12.6. The van der Waals surface area contributed by atoms with Crippen LogP contribution in [0.4, 0.5) is 0 Å². The Morgan fingerprint density at radius 1 is 1.21 bits per heavy atom. The first-order chi connectivity index (χ1) is 8.96. The fourth-order valence-electron chi connectivity index (χ4n) is 6.50. The second kappa shape index (κ2) is 3.58. The van der Waals surface area contributed by atoms with Gasteiger partial charge in [0.2, 0.25) is 0 Å². The molecule has 0 amide bonds. The molecule has 1 aromatic rings. The van der Waals surface area contributed by atoms with E-state index in [0.717, 1.165) is 17.4 Å². The third kappa shape index (κ3) is 1.65. The molecule has 4 fully saturated rings. The quantitative estimate of drug-likeness (QED) is 0.736. The van der Waals surface area contributed by atoms with Crippen LogP contribution in [-0.4, -0.2) is 4.98 Å². The molecule has 0 radical (unpaired) electrons. The van der Waals surface area contributed by atoms with Gasteiger partial charge in [-0.3, -0.25) is 0 Å². The normalized spacial score (nSPS) is 47.8. The lowest BCUT2D eigenvalue weighted by Crippen LogP contribution is -2.56. The maximum Gasteiger partial charge on any atom is 0.181 e. The van der Waals surface area contributed by atoms with Crippen molar-refractivity contribution in [3.8, 4) is 0 Å². The molecule has 4 bridgehead atoms. The van der Waals surface area contributed by atoms with Gasteiger partial charge in [0, 0.05) is 5.41 Å². The molecule has 2 nitrogen and oxygen atoms in total. The van der Waals surface area contributed by atoms with Crippen molar-refractivity contribution in [3.05, 3.63) is 17.8 Å². The van der Waals surface area contributed by atoms with Gasteiger partial charge in [-0.25, -0.2) is 4.98 Å². The van der Waals surface area contributed by atoms with Gasteiger partial charge in [0.05, 0.1) is 11.6 Å². The fraction of sp³-hybridized carbons (Fsp3) is 0.812. The molecule has 104 valence electrons. The van der Waals surface area contributed by atoms with Crippen LogP contribution in [0.15, 0.2) is 10.8 Å². The van der Waals surface area contributed by atoms with Gasteiger partial charge in [0.15, 0.2) is 6.39 Å². The molecule has 0 saturated heterocycles. The zero-order chi connectivity index (χ0) is 13.3. The number of rotatable bonds is 2. The van der Waals surface area contributed by atoms with E-state index in [4.69, 9.17) is 16.0 Å². The summed E-state index contributed by atoms with van der Waals surface area (Å²) in [4.78, 5) is 4.34. The molecule has 2 atom stereocenters. The van der Waals surface area contributed by atoms with Gasteiger partial charge < -0.3 is 4.42 Å². The van der Waals surface area contributed by atoms with Crippen molar-refractivity contribution in [2.24, 2.45) is 16.7 Å². The third-order valence-electron chi connectivity index (χ3n) is 5.88. The second-order valence-electron chi connectivity index (χ2n) is 8.17. The highest BCUT2D eigenvalue weighted by molar-refractivity contribution is 6.16. The summed E-state index contributed by atoms with van der Waals surface area (Å²) >= 11 is 6.06. The molecule has 4 saturated carbocycles. The highest BCUT2D eigenvalue weighted by Gasteiger charge is 2.62. The Morgan fingerprint density at radius 3 is 2.47 bits per heavy atom. The van der Waals surface area contributed by atoms with E-state index in [1.54, 1.807) is 6.39 Å². The summed E-state index contributed by atoms with van der Waals surface area (Å²) in [6.07, 6.45) is 9.63. The van der Waals surface area contributed by atoms with Crippen molar-refractivity contribution < 1.29 is 4.42 Å². The Labute approximate surface area is 119 Å². The first kappa shape index (κ1) is 12.3. The van der Waals surface area contributed by atoms with Crippen molar-refractivity contribution in [3.63, 3.8) is 0 Å². The smallest absolute Gasteiger partial charge is 0.181 e. The number of oxazole rings is 1. The molecular formula is C16H22ClNO. The average molecular weight is 280 g/mol. The number of halogens is 1. The molecule has 4 aliphatic rings. The number of hydrogen-bond acceptors (Lipinski definition) is 2. The topological polar surface area (TPSA) is 26.0 Å². The summed E-state index contributed by atoms with van der Waals surface area (Å²) in [6, 6.07) is 0. The third-order valence-corrected chi connectivity index (χ3v) is 6.13. The minimum atomic E-state index is 0.226. The Kier molecular flexibility index (Phi) is 2.31. The number of hydrogen-bond donors (Lipinski definition) is 0. The molecule has 1 aromatic heterocycles. The van der Waals surface area contributed by atoms with Crippen molar-refractivity contribution in [1.82, 2.24) is 4.98 Å². The zero-order valence-electron chi connectivity index (χ0n) is 11.8. The maximum atomic E-state index is 6.06. The lowest BCUT2D eigenvalue weighted by atomic mass is 9.40. The second-order valence-corrected chi connectivity index (χ2v) is 8.44. The van der Waals surface area contributed by atoms with E-state index in [9.17, 15) is 0 Å². The monoisotopic (exact) mass is 279 g/mol. The summed E-state index contributed by atoms with van der Waals surface area (Å²) in [5.41, 5.74) is 2.22. The van der Waals surface area contributed by atoms with E-state index in [0.29, 0.717) is 16.7 Å². The summed E-state index contributed by atoms with van der Waals surface area (Å²) in [5.74, 6) is 2.47. The number of aromatic nitrogens is 1. The van der Waals surface area contributed by atoms with Crippen LogP contribution in [0.25, 0.3) is 0 Å². The van der Waals surface area contributed by atoms with Crippen LogP contribution < -0.4 is 0 Å². The van der Waals surface area contributed by atoms with Crippen molar-refractivity contribution >= 4 is 11.6 Å². The largest absolute Gasteiger partial charge is 0.448 e. The van der Waals surface area contributed by atoms with E-state index in [1.807, 2.05) is 0 Å². The highest BCUT2D eigenvalue weighted by Crippen LogP contribution is 2.70. The molecule has 0 aliphatic heterocycles. The molecule has 5 rings (SSSR count). The summed E-state index contributed by atoms with van der Waals surface area (Å²) < 4.78 is 5.83. The van der Waals surface area contributed by atoms with Crippen molar-refractivity contribution in [2.75, 3.05) is 0 Å². The Bertz CT molecular complexity index is 505. The van der Waals surface area contributed by atoms with Crippen LogP contribution in [-0.2, 0) is 11.3 Å². The van der Waals surface area contributed by atoms with E-state index in [-0.39, 0.29) is 5.41 Å². The van der Waals surface area contributed by atoms with Crippen LogP contribution in [0.5, 0.6) is 0 Å². The molecule has 3 heteroatoms. The Morgan fingerprint density at radius 2 is 1.89 bits per heavy atom. The van der Waals surface area contributed by atoms with Crippen LogP contribution in [0.3, 0.4) is 0 Å². The van der Waals surface area contributed by atoms with Gasteiger partial charge in [0.1, 0.15) is 5.76 Å². The summed E-state index contributed by atoms with van der Waals surface area (Å²) in [7, 11) is 0. The van der Waals surface area contributed by atoms with Gasteiger partial charge in [-0.15, -0.1) is 11.6 Å². The molecule has 2 unspecified atom stereocenters. The number of nitrogens with zero attached hydrogens (tertiary/aromatic N) is 1. The summed E-state index contributed by atoms with van der Waals surface area (Å²) in [5, 5.41) is 0. The Hall–Kier alpha value is -0.500. The standard InChI is InChI=1S/C16H22ClNO/c1-14-3-11-4-15(2,7-14)9-16(5-11,8-14)13-12(6-17)18-10-19-13/h10-11H,3-9H2,1-2H3. The molecule has 19 heavy (non-hydrogen) atoms. The van der Waals surface area contributed by atoms with E-state index < -0.39 is 0 Å². The van der Waals surface area contributed by atoms with E-state index >= 15 is 0 Å². The maximum absolute atomic E-state index is 6.06. The highest BCUT2D eigenvalue weighted by atomic mass is 35.5. The van der Waals surface area contributed by atoms with E-state index in [1.165, 1.54) is 38.5 Å². The Balaban J connectivity index is 1.83. The van der Waals surface area contributed by atoms with E-state index in [2.05, 4.69) is 18.8 Å². The molecule has 0 N–H and O–H groups in total. The minimum Gasteiger partial charge on any atom is -0.448 e. The van der Waals surface area contributed by atoms with Crippen molar-refractivity contribution in [2.45, 2.75) is 63.7 Å². The average Bonchev–Trinajstić information content (AvgIpc) is 2.72. The summed E-state index contributed by atoms with van der Waals surface area (Å²) in [6.45, 7) is 4.97. The molecule has 0 aromatic carbocycles. The molecule has 1 heterocycles. The van der Waals surface area contributed by atoms with Crippen molar-refractivity contribution in [1.29, 1.82) is 0 Å². The van der Waals surface area contributed by atoms with Crippen LogP contribution in [0.2, 0.25) is 0 Å². The van der Waals surface area contributed by atoms with Gasteiger partial charge in [-0.05, 0) is 55.3 Å². The predicted octanol–water partition coefficient (Wildman–Crippen LogP) is 4.66. The van der Waals surface area contributed by atoms with Crippen LogP contribution >= 0.6 is 11.6 Å². The lowest BCUT2D eigenvalue weighted by Gasteiger charge is -2.64. The molecular weight excluding hydrogens is 258 g/mol. The molecule has 0 spiro atoms. The van der Waals surface area contributed by atoms with Gasteiger partial charge in [0.25, 0.3) is 0 Å². The number of alkyl halides is 1. The van der Waals surface area contributed by atoms with Gasteiger partial charge in [-0.1, -0.05) is 13.8 Å². The fourth-order valence-corrected chi connectivity index (χ4v) is 6.69. The minimum absolute atomic E-state index is 0.226. The van der Waals surface area contributed by atoms with Crippen LogP contribution in [0, 0.1) is 16.7 Å². The first-order valence-electron chi connectivity index (χ1n) is 7.45. The molecule has 4 aliphatic carbocycles. The van der Waals surface area contributed by atoms with Crippen LogP contribution in [0.1, 0.15) is 63.8 Å². The lowest BCUT2D eigenvalue weighted by molar-refractivity contribution is -0.116. The SMILES string of the molecule is CC12CC3CC(C)(C1)CC(c1ocnc1CCl)(C3)C2. The predicted molar refractivity (Wildman–Crippen MR) is 75.1 cm³/mol. The van der Waals surface area contributed by atoms with Gasteiger partial charge in [-0.2, -0.15) is 0 Å².